The van der Waals surface area contributed by atoms with Crippen LogP contribution in [-0.2, 0) is 11.3 Å². The molecule has 2 aromatic rings. The SMILES string of the molecule is COc1ccc2cc(CNC(=O)CC34C[C@H]5C[C@@H](CC(O)(C5)C3)C4)ccc2c1. The summed E-state index contributed by atoms with van der Waals surface area (Å²) in [5.74, 6) is 2.22. The van der Waals surface area contributed by atoms with Crippen LogP contribution in [0.2, 0.25) is 0 Å². The van der Waals surface area contributed by atoms with Crippen molar-refractivity contribution in [1.82, 2.24) is 5.32 Å². The number of hydrogen-bond donors (Lipinski definition) is 2. The molecule has 4 aliphatic carbocycles. The van der Waals surface area contributed by atoms with Gasteiger partial charge in [-0.2, -0.15) is 0 Å². The minimum absolute atomic E-state index is 0.0306. The molecule has 0 radical (unpaired) electrons. The van der Waals surface area contributed by atoms with Crippen molar-refractivity contribution in [3.8, 4) is 5.75 Å². The maximum Gasteiger partial charge on any atom is 0.220 e. The van der Waals surface area contributed by atoms with Crippen molar-refractivity contribution < 1.29 is 14.6 Å². The molecular formula is C24H29NO3. The summed E-state index contributed by atoms with van der Waals surface area (Å²) in [6, 6.07) is 12.3. The van der Waals surface area contributed by atoms with E-state index < -0.39 is 5.60 Å². The Labute approximate surface area is 166 Å². The average molecular weight is 380 g/mol. The summed E-state index contributed by atoms with van der Waals surface area (Å²) in [5.41, 5.74) is 0.641. The van der Waals surface area contributed by atoms with Crippen LogP contribution in [0.5, 0.6) is 5.75 Å². The fraction of sp³-hybridized carbons (Fsp3) is 0.542. The molecule has 2 N–H and O–H groups in total. The van der Waals surface area contributed by atoms with Crippen molar-refractivity contribution in [3.63, 3.8) is 0 Å². The van der Waals surface area contributed by atoms with Crippen LogP contribution in [0.25, 0.3) is 10.8 Å². The molecule has 28 heavy (non-hydrogen) atoms. The molecule has 148 valence electrons. The third-order valence-corrected chi connectivity index (χ3v) is 7.29. The second kappa shape index (κ2) is 6.48. The van der Waals surface area contributed by atoms with Gasteiger partial charge in [-0.05, 0) is 90.3 Å². The van der Waals surface area contributed by atoms with Crippen LogP contribution in [0.15, 0.2) is 36.4 Å². The van der Waals surface area contributed by atoms with E-state index in [1.165, 1.54) is 6.42 Å². The molecule has 6 rings (SSSR count). The van der Waals surface area contributed by atoms with Crippen molar-refractivity contribution in [1.29, 1.82) is 0 Å². The molecule has 0 unspecified atom stereocenters. The number of amides is 1. The smallest absolute Gasteiger partial charge is 0.220 e. The maximum atomic E-state index is 12.7. The number of rotatable bonds is 5. The summed E-state index contributed by atoms with van der Waals surface area (Å²) < 4.78 is 5.28. The normalized spacial score (nSPS) is 33.2. The van der Waals surface area contributed by atoms with Gasteiger partial charge in [0.1, 0.15) is 5.75 Å². The number of fused-ring (bicyclic) bond motifs is 1. The van der Waals surface area contributed by atoms with Gasteiger partial charge in [0.05, 0.1) is 12.7 Å². The number of benzene rings is 2. The molecule has 2 atom stereocenters. The van der Waals surface area contributed by atoms with Crippen LogP contribution >= 0.6 is 0 Å². The quantitative estimate of drug-likeness (QED) is 0.819. The minimum Gasteiger partial charge on any atom is -0.497 e. The summed E-state index contributed by atoms with van der Waals surface area (Å²) in [6.07, 6.45) is 6.79. The first-order chi connectivity index (χ1) is 13.4. The number of hydrogen-bond acceptors (Lipinski definition) is 3. The zero-order chi connectivity index (χ0) is 19.4. The van der Waals surface area contributed by atoms with Gasteiger partial charge in [-0.25, -0.2) is 0 Å². The second-order valence-electron chi connectivity index (χ2n) is 9.69. The van der Waals surface area contributed by atoms with Gasteiger partial charge < -0.3 is 15.2 Å². The van der Waals surface area contributed by atoms with Crippen molar-refractivity contribution in [2.45, 2.75) is 57.1 Å². The largest absolute Gasteiger partial charge is 0.497 e. The van der Waals surface area contributed by atoms with Gasteiger partial charge in [0.15, 0.2) is 0 Å². The number of aliphatic hydroxyl groups is 1. The Morgan fingerprint density at radius 2 is 1.82 bits per heavy atom. The molecule has 0 spiro atoms. The van der Waals surface area contributed by atoms with Crippen LogP contribution in [0.3, 0.4) is 0 Å². The molecule has 2 aromatic carbocycles. The number of carbonyl (C=O) groups excluding carboxylic acids is 1. The van der Waals surface area contributed by atoms with Crippen molar-refractivity contribution in [2.75, 3.05) is 7.11 Å². The van der Waals surface area contributed by atoms with Crippen LogP contribution < -0.4 is 10.1 Å². The van der Waals surface area contributed by atoms with E-state index in [-0.39, 0.29) is 11.3 Å². The third kappa shape index (κ3) is 3.28. The Kier molecular flexibility index (Phi) is 4.16. The molecule has 4 nitrogen and oxygen atoms in total. The van der Waals surface area contributed by atoms with Crippen molar-refractivity contribution in [2.24, 2.45) is 17.3 Å². The van der Waals surface area contributed by atoms with Gasteiger partial charge in [0.2, 0.25) is 5.91 Å². The topological polar surface area (TPSA) is 58.6 Å². The van der Waals surface area contributed by atoms with Crippen LogP contribution in [0.4, 0.5) is 0 Å². The maximum absolute atomic E-state index is 12.7. The van der Waals surface area contributed by atoms with E-state index >= 15 is 0 Å². The van der Waals surface area contributed by atoms with Gasteiger partial charge in [-0.3, -0.25) is 4.79 Å². The predicted molar refractivity (Wildman–Crippen MR) is 109 cm³/mol. The van der Waals surface area contributed by atoms with E-state index in [1.807, 2.05) is 12.1 Å². The lowest BCUT2D eigenvalue weighted by Crippen LogP contribution is -2.56. The minimum atomic E-state index is -0.496. The zero-order valence-corrected chi connectivity index (χ0v) is 16.5. The highest BCUT2D eigenvalue weighted by Gasteiger charge is 2.57. The first kappa shape index (κ1) is 18.0. The monoisotopic (exact) mass is 379 g/mol. The lowest BCUT2D eigenvalue weighted by molar-refractivity contribution is -0.169. The Morgan fingerprint density at radius 3 is 2.54 bits per heavy atom. The van der Waals surface area contributed by atoms with Crippen LogP contribution in [0.1, 0.15) is 50.5 Å². The molecular weight excluding hydrogens is 350 g/mol. The average Bonchev–Trinajstić information content (AvgIpc) is 2.63. The van der Waals surface area contributed by atoms with E-state index in [9.17, 15) is 9.90 Å². The van der Waals surface area contributed by atoms with E-state index in [0.29, 0.717) is 24.8 Å². The van der Waals surface area contributed by atoms with Gasteiger partial charge in [0.25, 0.3) is 0 Å². The molecule has 1 amide bonds. The number of ether oxygens (including phenoxy) is 1. The molecule has 0 aliphatic heterocycles. The van der Waals surface area contributed by atoms with Gasteiger partial charge >= 0.3 is 0 Å². The highest BCUT2D eigenvalue weighted by Crippen LogP contribution is 2.62. The van der Waals surface area contributed by atoms with E-state index in [4.69, 9.17) is 4.74 Å². The molecule has 0 aromatic heterocycles. The second-order valence-corrected chi connectivity index (χ2v) is 9.69. The molecule has 4 saturated carbocycles. The fourth-order valence-electron chi connectivity index (χ4n) is 6.72. The first-order valence-electron chi connectivity index (χ1n) is 10.5. The Bertz CT molecular complexity index is 907. The van der Waals surface area contributed by atoms with Crippen LogP contribution in [-0.4, -0.2) is 23.7 Å². The van der Waals surface area contributed by atoms with Gasteiger partial charge in [0, 0.05) is 13.0 Å². The van der Waals surface area contributed by atoms with Crippen LogP contribution in [0, 0.1) is 17.3 Å². The molecule has 0 heterocycles. The Hall–Kier alpha value is -2.07. The standard InChI is InChI=1S/C24H29NO3/c1-28-21-5-4-19-7-16(2-3-20(19)8-21)14-25-22(26)13-23-9-17-6-18(10-23)12-24(27,11-17)15-23/h2-5,7-8,17-18,27H,6,9-15H2,1H3,(H,25,26)/t17-,18-,23?,24?/m1/s1. The zero-order valence-electron chi connectivity index (χ0n) is 16.5. The molecule has 0 saturated heterocycles. The first-order valence-corrected chi connectivity index (χ1v) is 10.5. The Balaban J connectivity index is 1.24. The highest BCUT2D eigenvalue weighted by atomic mass is 16.5. The number of nitrogens with one attached hydrogen (secondary N) is 1. The molecule has 4 heteroatoms. The highest BCUT2D eigenvalue weighted by molar-refractivity contribution is 5.84. The lowest BCUT2D eigenvalue weighted by atomic mass is 9.47. The summed E-state index contributed by atoms with van der Waals surface area (Å²) in [6.45, 7) is 0.550. The number of methoxy groups -OCH3 is 1. The predicted octanol–water partition coefficient (Wildman–Crippen LogP) is 4.19. The van der Waals surface area contributed by atoms with Gasteiger partial charge in [-0.15, -0.1) is 0 Å². The van der Waals surface area contributed by atoms with E-state index in [1.54, 1.807) is 7.11 Å². The Morgan fingerprint density at radius 1 is 1.11 bits per heavy atom. The summed E-state index contributed by atoms with van der Waals surface area (Å²) >= 11 is 0. The summed E-state index contributed by atoms with van der Waals surface area (Å²) in [7, 11) is 1.67. The summed E-state index contributed by atoms with van der Waals surface area (Å²) in [4.78, 5) is 12.7. The third-order valence-electron chi connectivity index (χ3n) is 7.29. The fourth-order valence-corrected chi connectivity index (χ4v) is 6.72. The van der Waals surface area contributed by atoms with Crippen molar-refractivity contribution in [3.05, 3.63) is 42.0 Å². The van der Waals surface area contributed by atoms with E-state index in [2.05, 4.69) is 29.6 Å². The molecule has 4 bridgehead atoms. The lowest BCUT2D eigenvalue weighted by Gasteiger charge is -2.60. The van der Waals surface area contributed by atoms with E-state index in [0.717, 1.165) is 54.2 Å². The van der Waals surface area contributed by atoms with Crippen molar-refractivity contribution >= 4 is 16.7 Å². The van der Waals surface area contributed by atoms with Gasteiger partial charge in [-0.1, -0.05) is 18.2 Å². The number of carbonyl (C=O) groups is 1. The molecule has 4 aliphatic rings. The summed E-state index contributed by atoms with van der Waals surface area (Å²) in [5, 5.41) is 16.3. The molecule has 4 fully saturated rings.